The highest BCUT2D eigenvalue weighted by Gasteiger charge is 2.60. The van der Waals surface area contributed by atoms with Crippen molar-refractivity contribution >= 4 is 29.2 Å². The van der Waals surface area contributed by atoms with Crippen LogP contribution >= 0.6 is 0 Å². The van der Waals surface area contributed by atoms with E-state index in [0.29, 0.717) is 0 Å². The second-order valence-corrected chi connectivity index (χ2v) is 7.13. The Bertz CT molecular complexity index is 1220. The Hall–Kier alpha value is -4.66. The van der Waals surface area contributed by atoms with Crippen LogP contribution in [0.2, 0.25) is 0 Å². The molecule has 33 heavy (non-hydrogen) atoms. The van der Waals surface area contributed by atoms with Gasteiger partial charge < -0.3 is 25.3 Å². The third-order valence-electron chi connectivity index (χ3n) is 5.03. The van der Waals surface area contributed by atoms with E-state index in [4.69, 9.17) is 19.9 Å². The number of allylic oxidation sites excluding steroid dienone is 1. The molecule has 1 aromatic carbocycles. The van der Waals surface area contributed by atoms with Crippen LogP contribution in [0.1, 0.15) is 19.4 Å². The van der Waals surface area contributed by atoms with Crippen molar-refractivity contribution in [2.75, 3.05) is 18.5 Å². The summed E-state index contributed by atoms with van der Waals surface area (Å²) in [6, 6.07) is 5.32. The first-order chi connectivity index (χ1) is 15.5. The van der Waals surface area contributed by atoms with Gasteiger partial charge in [0.1, 0.15) is 36.2 Å². The number of nitro benzene ring substituents is 1. The number of esters is 2. The maximum absolute atomic E-state index is 13.3. The van der Waals surface area contributed by atoms with Crippen molar-refractivity contribution in [3.8, 4) is 6.07 Å². The predicted molar refractivity (Wildman–Crippen MR) is 111 cm³/mol. The second kappa shape index (κ2) is 8.46. The van der Waals surface area contributed by atoms with E-state index in [1.807, 2.05) is 0 Å². The molecule has 0 radical (unpaired) electrons. The molecular weight excluding hydrogens is 436 g/mol. The molecular formula is C21H18N4O8. The molecule has 3 rings (SSSR count). The maximum atomic E-state index is 13.3. The number of carbonyl (C=O) groups is 3. The summed E-state index contributed by atoms with van der Waals surface area (Å²) < 4.78 is 15.4. The van der Waals surface area contributed by atoms with Crippen molar-refractivity contribution in [2.24, 2.45) is 5.73 Å². The molecule has 0 bridgehead atoms. The Morgan fingerprint density at radius 3 is 2.64 bits per heavy atom. The quantitative estimate of drug-likeness (QED) is 0.210. The molecule has 1 amide bonds. The number of nitrogens with zero attached hydrogens (tertiary/aromatic N) is 2. The molecule has 0 aliphatic carbocycles. The van der Waals surface area contributed by atoms with E-state index in [-0.39, 0.29) is 47.1 Å². The number of rotatable bonds is 6. The van der Waals surface area contributed by atoms with Crippen molar-refractivity contribution in [1.82, 2.24) is 0 Å². The molecule has 0 unspecified atom stereocenters. The number of hydrogen-bond donors (Lipinski definition) is 2. The molecule has 1 aromatic rings. The molecule has 1 spiro atoms. The minimum Gasteiger partial charge on any atom is -0.459 e. The monoisotopic (exact) mass is 454 g/mol. The first kappa shape index (κ1) is 23.0. The summed E-state index contributed by atoms with van der Waals surface area (Å²) in [5, 5.41) is 23.7. The number of fused-ring (bicyclic) bond motifs is 2. The van der Waals surface area contributed by atoms with Crippen LogP contribution in [-0.2, 0) is 34.0 Å². The number of nitrogens with two attached hydrogens (primary N) is 1. The van der Waals surface area contributed by atoms with Gasteiger partial charge in [-0.25, -0.2) is 9.59 Å². The number of nitro groups is 1. The Morgan fingerprint density at radius 2 is 2.03 bits per heavy atom. The zero-order valence-electron chi connectivity index (χ0n) is 17.6. The third-order valence-corrected chi connectivity index (χ3v) is 5.03. The average Bonchev–Trinajstić information content (AvgIpc) is 3.02. The van der Waals surface area contributed by atoms with E-state index < -0.39 is 39.6 Å². The first-order valence-corrected chi connectivity index (χ1v) is 9.45. The van der Waals surface area contributed by atoms with Gasteiger partial charge in [0, 0.05) is 29.0 Å². The number of benzene rings is 1. The molecule has 0 fully saturated rings. The second-order valence-electron chi connectivity index (χ2n) is 7.13. The number of hydrogen-bond acceptors (Lipinski definition) is 10. The number of anilines is 1. The maximum Gasteiger partial charge on any atom is 0.339 e. The van der Waals surface area contributed by atoms with Gasteiger partial charge in [0.15, 0.2) is 5.41 Å². The zero-order chi connectivity index (χ0) is 24.5. The molecule has 0 saturated carbocycles. The number of non-ortho nitro benzene ring substituents is 1. The highest BCUT2D eigenvalue weighted by molar-refractivity contribution is 6.17. The molecule has 170 valence electrons. The fourth-order valence-electron chi connectivity index (χ4n) is 3.64. The fourth-order valence-corrected chi connectivity index (χ4v) is 3.64. The molecule has 12 nitrogen and oxygen atoms in total. The van der Waals surface area contributed by atoms with E-state index >= 15 is 0 Å². The minimum atomic E-state index is -2.13. The smallest absolute Gasteiger partial charge is 0.339 e. The average molecular weight is 454 g/mol. The SMILES string of the molecule is C=C(C)C(=O)OCCOC(=O)C1=C(C)OC(N)=C(C#N)[C@]12C(=O)Nc1ccc([N+](=O)[O-])cc12. The van der Waals surface area contributed by atoms with Crippen LogP contribution in [0, 0.1) is 21.4 Å². The summed E-state index contributed by atoms with van der Waals surface area (Å²) in [4.78, 5) is 48.5. The van der Waals surface area contributed by atoms with Crippen LogP contribution in [0.5, 0.6) is 0 Å². The van der Waals surface area contributed by atoms with Crippen molar-refractivity contribution in [3.63, 3.8) is 0 Å². The summed E-state index contributed by atoms with van der Waals surface area (Å²) in [6.07, 6.45) is 0. The highest BCUT2D eigenvalue weighted by Crippen LogP contribution is 2.52. The topological polar surface area (TPSA) is 184 Å². The van der Waals surface area contributed by atoms with Gasteiger partial charge in [0.2, 0.25) is 11.8 Å². The number of carbonyl (C=O) groups excluding carboxylic acids is 3. The number of amides is 1. The molecule has 2 heterocycles. The molecule has 0 aromatic heterocycles. The van der Waals surface area contributed by atoms with Crippen LogP contribution in [0.25, 0.3) is 0 Å². The lowest BCUT2D eigenvalue weighted by Crippen LogP contribution is -2.45. The molecule has 0 saturated heterocycles. The van der Waals surface area contributed by atoms with E-state index in [0.717, 1.165) is 6.07 Å². The van der Waals surface area contributed by atoms with Gasteiger partial charge in [0.05, 0.1) is 4.92 Å². The summed E-state index contributed by atoms with van der Waals surface area (Å²) in [6.45, 7) is 5.53. The normalized spacial score (nSPS) is 18.8. The Kier molecular flexibility index (Phi) is 5.90. The van der Waals surface area contributed by atoms with Crippen LogP contribution in [-0.4, -0.2) is 36.0 Å². The van der Waals surface area contributed by atoms with Gasteiger partial charge in [-0.15, -0.1) is 0 Å². The summed E-state index contributed by atoms with van der Waals surface area (Å²) >= 11 is 0. The third kappa shape index (κ3) is 3.65. The van der Waals surface area contributed by atoms with Crippen LogP contribution in [0.4, 0.5) is 11.4 Å². The lowest BCUT2D eigenvalue weighted by atomic mass is 9.68. The Morgan fingerprint density at radius 1 is 1.36 bits per heavy atom. The van der Waals surface area contributed by atoms with Crippen LogP contribution in [0.15, 0.2) is 53.1 Å². The lowest BCUT2D eigenvalue weighted by molar-refractivity contribution is -0.384. The van der Waals surface area contributed by atoms with E-state index in [2.05, 4.69) is 11.9 Å². The fraction of sp³-hybridized carbons (Fsp3) is 0.238. The minimum absolute atomic E-state index is 0.0236. The van der Waals surface area contributed by atoms with Crippen LogP contribution in [0.3, 0.4) is 0 Å². The van der Waals surface area contributed by atoms with E-state index in [9.17, 15) is 29.8 Å². The van der Waals surface area contributed by atoms with E-state index in [1.165, 1.54) is 26.0 Å². The van der Waals surface area contributed by atoms with Crippen molar-refractivity contribution in [2.45, 2.75) is 19.3 Å². The van der Waals surface area contributed by atoms with Gasteiger partial charge in [-0.3, -0.25) is 14.9 Å². The highest BCUT2D eigenvalue weighted by atomic mass is 16.6. The number of nitrogens with one attached hydrogen (secondary N) is 1. The van der Waals surface area contributed by atoms with Gasteiger partial charge in [0.25, 0.3) is 5.69 Å². The molecule has 2 aliphatic rings. The summed E-state index contributed by atoms with van der Waals surface area (Å²) in [5.74, 6) is -3.14. The largest absolute Gasteiger partial charge is 0.459 e. The lowest BCUT2D eigenvalue weighted by Gasteiger charge is -2.33. The van der Waals surface area contributed by atoms with Crippen molar-refractivity contribution in [1.29, 1.82) is 5.26 Å². The molecule has 3 N–H and O–H groups in total. The zero-order valence-corrected chi connectivity index (χ0v) is 17.6. The summed E-state index contributed by atoms with van der Waals surface area (Å²) in [7, 11) is 0. The number of nitriles is 1. The summed E-state index contributed by atoms with van der Waals surface area (Å²) in [5.41, 5.74) is 2.84. The molecule has 1 atom stereocenters. The Labute approximate surface area is 187 Å². The Balaban J connectivity index is 2.08. The first-order valence-electron chi connectivity index (χ1n) is 9.45. The van der Waals surface area contributed by atoms with Gasteiger partial charge in [-0.05, 0) is 19.9 Å². The molecule has 2 aliphatic heterocycles. The van der Waals surface area contributed by atoms with Gasteiger partial charge >= 0.3 is 11.9 Å². The number of ether oxygens (including phenoxy) is 3. The van der Waals surface area contributed by atoms with Gasteiger partial charge in [-0.1, -0.05) is 6.58 Å². The van der Waals surface area contributed by atoms with Gasteiger partial charge in [-0.2, -0.15) is 5.26 Å². The van der Waals surface area contributed by atoms with Crippen molar-refractivity contribution in [3.05, 3.63) is 68.8 Å². The van der Waals surface area contributed by atoms with Crippen LogP contribution < -0.4 is 11.1 Å². The standard InChI is InChI=1S/C21H18N4O8/c1-10(2)18(26)31-6-7-32-19(27)16-11(3)33-17(23)14(9-22)21(16)13-8-12(25(29)30)4-5-15(13)24-20(21)28/h4-5,8H,1,6-7,23H2,2-3H3,(H,24,28)/t21-/m0/s1. The predicted octanol–water partition coefficient (Wildman–Crippen LogP) is 1.45. The molecule has 12 heteroatoms. The van der Waals surface area contributed by atoms with Crippen molar-refractivity contribution < 1.29 is 33.5 Å². The van der Waals surface area contributed by atoms with E-state index in [1.54, 1.807) is 6.07 Å².